The predicted octanol–water partition coefficient (Wildman–Crippen LogP) is 2.31. The molecule has 0 aliphatic heterocycles. The molecule has 6 heteroatoms. The monoisotopic (exact) mass is 289 g/mol. The first-order valence-electron chi connectivity index (χ1n) is 7.63. The Morgan fingerprint density at radius 2 is 2.10 bits per heavy atom. The maximum atomic E-state index is 5.33. The zero-order valence-corrected chi connectivity index (χ0v) is 13.2. The summed E-state index contributed by atoms with van der Waals surface area (Å²) in [6.45, 7) is 9.82. The third kappa shape index (κ3) is 3.15. The summed E-state index contributed by atoms with van der Waals surface area (Å²) in [5.74, 6) is 2.02. The molecule has 3 rings (SSSR count). The second kappa shape index (κ2) is 5.60. The summed E-state index contributed by atoms with van der Waals surface area (Å²) < 4.78 is 7.29. The van der Waals surface area contributed by atoms with Gasteiger partial charge in [0.2, 0.25) is 5.89 Å². The molecule has 0 amide bonds. The van der Waals surface area contributed by atoms with Gasteiger partial charge in [-0.25, -0.2) is 0 Å². The van der Waals surface area contributed by atoms with Crippen LogP contribution in [0.25, 0.3) is 0 Å². The molecule has 0 unspecified atom stereocenters. The van der Waals surface area contributed by atoms with Gasteiger partial charge in [-0.2, -0.15) is 10.1 Å². The van der Waals surface area contributed by atoms with Crippen LogP contribution in [-0.2, 0) is 13.1 Å². The minimum atomic E-state index is 0.462. The van der Waals surface area contributed by atoms with E-state index in [9.17, 15) is 0 Å². The normalized spacial score (nSPS) is 15.1. The molecule has 114 valence electrons. The lowest BCUT2D eigenvalue weighted by atomic mass is 10.2. The van der Waals surface area contributed by atoms with E-state index < -0.39 is 0 Å². The molecule has 0 aromatic carbocycles. The summed E-state index contributed by atoms with van der Waals surface area (Å²) in [6.07, 6.45) is 2.37. The van der Waals surface area contributed by atoms with Gasteiger partial charge in [-0.05, 0) is 26.7 Å². The Morgan fingerprint density at radius 1 is 1.33 bits per heavy atom. The summed E-state index contributed by atoms with van der Waals surface area (Å²) in [6, 6.07) is 0.462. The zero-order chi connectivity index (χ0) is 15.0. The molecule has 0 atom stereocenters. The van der Waals surface area contributed by atoms with Crippen LogP contribution in [-0.4, -0.2) is 26.0 Å². The number of nitrogens with one attached hydrogen (secondary N) is 1. The van der Waals surface area contributed by atoms with Gasteiger partial charge in [0, 0.05) is 29.8 Å². The Bertz CT molecular complexity index is 624. The molecule has 1 saturated carbocycles. The fourth-order valence-corrected chi connectivity index (χ4v) is 2.42. The first kappa shape index (κ1) is 14.3. The van der Waals surface area contributed by atoms with Crippen LogP contribution < -0.4 is 5.32 Å². The molecule has 1 aliphatic carbocycles. The standard InChI is InChI=1S/C15H23N5O/c1-9(2)16-7-13-10(3)18-20(11(13)4)8-14-17-15(19-21-14)12-5-6-12/h9,12,16H,5-8H2,1-4H3. The average molecular weight is 289 g/mol. The van der Waals surface area contributed by atoms with Gasteiger partial charge in [0.15, 0.2) is 5.82 Å². The molecule has 6 nitrogen and oxygen atoms in total. The van der Waals surface area contributed by atoms with E-state index in [0.717, 1.165) is 23.8 Å². The van der Waals surface area contributed by atoms with Crippen molar-refractivity contribution in [3.63, 3.8) is 0 Å². The molecule has 1 aliphatic rings. The van der Waals surface area contributed by atoms with E-state index in [0.29, 0.717) is 24.4 Å². The van der Waals surface area contributed by atoms with Gasteiger partial charge >= 0.3 is 0 Å². The van der Waals surface area contributed by atoms with Crippen molar-refractivity contribution in [1.29, 1.82) is 0 Å². The molecular formula is C15H23N5O. The number of aromatic nitrogens is 4. The first-order chi connectivity index (χ1) is 10.0. The van der Waals surface area contributed by atoms with Crippen molar-refractivity contribution >= 4 is 0 Å². The van der Waals surface area contributed by atoms with Gasteiger partial charge in [-0.1, -0.05) is 19.0 Å². The molecule has 0 radical (unpaired) electrons. The maximum Gasteiger partial charge on any atom is 0.248 e. The molecule has 1 fully saturated rings. The van der Waals surface area contributed by atoms with E-state index in [-0.39, 0.29) is 0 Å². The van der Waals surface area contributed by atoms with Gasteiger partial charge in [0.05, 0.1) is 5.69 Å². The Morgan fingerprint density at radius 3 is 2.76 bits per heavy atom. The van der Waals surface area contributed by atoms with Gasteiger partial charge in [0.25, 0.3) is 0 Å². The molecule has 2 aromatic heterocycles. The molecule has 21 heavy (non-hydrogen) atoms. The van der Waals surface area contributed by atoms with Gasteiger partial charge < -0.3 is 9.84 Å². The van der Waals surface area contributed by atoms with E-state index in [4.69, 9.17) is 4.52 Å². The highest BCUT2D eigenvalue weighted by molar-refractivity contribution is 5.24. The minimum absolute atomic E-state index is 0.462. The summed E-state index contributed by atoms with van der Waals surface area (Å²) in [4.78, 5) is 4.47. The maximum absolute atomic E-state index is 5.33. The number of aryl methyl sites for hydroxylation is 1. The Labute approximate surface area is 124 Å². The fourth-order valence-electron chi connectivity index (χ4n) is 2.42. The molecule has 0 spiro atoms. The Balaban J connectivity index is 1.73. The Kier molecular flexibility index (Phi) is 3.80. The van der Waals surface area contributed by atoms with Crippen molar-refractivity contribution in [2.45, 2.75) is 65.6 Å². The van der Waals surface area contributed by atoms with Crippen LogP contribution >= 0.6 is 0 Å². The largest absolute Gasteiger partial charge is 0.337 e. The average Bonchev–Trinajstić information content (AvgIpc) is 3.12. The molecular weight excluding hydrogens is 266 g/mol. The summed E-state index contributed by atoms with van der Waals surface area (Å²) in [5, 5.41) is 12.1. The fraction of sp³-hybridized carbons (Fsp3) is 0.667. The Hall–Kier alpha value is -1.69. The van der Waals surface area contributed by atoms with Crippen LogP contribution in [0.15, 0.2) is 4.52 Å². The van der Waals surface area contributed by atoms with Crippen LogP contribution in [0, 0.1) is 13.8 Å². The second-order valence-electron chi connectivity index (χ2n) is 6.16. The number of rotatable bonds is 6. The van der Waals surface area contributed by atoms with Gasteiger partial charge in [-0.3, -0.25) is 4.68 Å². The number of nitrogens with zero attached hydrogens (tertiary/aromatic N) is 4. The first-order valence-corrected chi connectivity index (χ1v) is 7.63. The van der Waals surface area contributed by atoms with Gasteiger partial charge in [0.1, 0.15) is 6.54 Å². The number of hydrogen-bond acceptors (Lipinski definition) is 5. The van der Waals surface area contributed by atoms with Crippen molar-refractivity contribution in [2.24, 2.45) is 0 Å². The molecule has 0 bridgehead atoms. The smallest absolute Gasteiger partial charge is 0.248 e. The predicted molar refractivity (Wildman–Crippen MR) is 79.1 cm³/mol. The highest BCUT2D eigenvalue weighted by Crippen LogP contribution is 2.38. The zero-order valence-electron chi connectivity index (χ0n) is 13.2. The summed E-state index contributed by atoms with van der Waals surface area (Å²) in [7, 11) is 0. The van der Waals surface area contributed by atoms with Crippen LogP contribution in [0.2, 0.25) is 0 Å². The van der Waals surface area contributed by atoms with Crippen LogP contribution in [0.3, 0.4) is 0 Å². The van der Waals surface area contributed by atoms with E-state index >= 15 is 0 Å². The SMILES string of the molecule is Cc1nn(Cc2nc(C3CC3)no2)c(C)c1CNC(C)C. The topological polar surface area (TPSA) is 68.8 Å². The quantitative estimate of drug-likeness (QED) is 0.883. The van der Waals surface area contributed by atoms with E-state index in [1.807, 2.05) is 11.6 Å². The van der Waals surface area contributed by atoms with Crippen LogP contribution in [0.5, 0.6) is 0 Å². The molecule has 1 N–H and O–H groups in total. The molecule has 0 saturated heterocycles. The van der Waals surface area contributed by atoms with Crippen LogP contribution in [0.4, 0.5) is 0 Å². The van der Waals surface area contributed by atoms with Crippen molar-refractivity contribution in [1.82, 2.24) is 25.2 Å². The number of hydrogen-bond donors (Lipinski definition) is 1. The molecule has 2 heterocycles. The lowest BCUT2D eigenvalue weighted by molar-refractivity contribution is 0.360. The molecule has 2 aromatic rings. The lowest BCUT2D eigenvalue weighted by Crippen LogP contribution is -2.22. The van der Waals surface area contributed by atoms with Crippen molar-refractivity contribution < 1.29 is 4.52 Å². The highest BCUT2D eigenvalue weighted by Gasteiger charge is 2.28. The third-order valence-corrected chi connectivity index (χ3v) is 3.93. The van der Waals surface area contributed by atoms with E-state index in [1.165, 1.54) is 18.4 Å². The minimum Gasteiger partial charge on any atom is -0.337 e. The second-order valence-corrected chi connectivity index (χ2v) is 6.16. The summed E-state index contributed by atoms with van der Waals surface area (Å²) in [5.41, 5.74) is 3.47. The third-order valence-electron chi connectivity index (χ3n) is 3.93. The highest BCUT2D eigenvalue weighted by atomic mass is 16.5. The van der Waals surface area contributed by atoms with E-state index in [2.05, 4.69) is 41.3 Å². The van der Waals surface area contributed by atoms with Crippen LogP contribution in [0.1, 0.15) is 61.3 Å². The summed E-state index contributed by atoms with van der Waals surface area (Å²) >= 11 is 0. The lowest BCUT2D eigenvalue weighted by Gasteiger charge is -2.08. The van der Waals surface area contributed by atoms with Crippen molar-refractivity contribution in [3.05, 3.63) is 28.7 Å². The van der Waals surface area contributed by atoms with Crippen molar-refractivity contribution in [3.8, 4) is 0 Å². The van der Waals surface area contributed by atoms with E-state index in [1.54, 1.807) is 0 Å². The van der Waals surface area contributed by atoms with Crippen molar-refractivity contribution in [2.75, 3.05) is 0 Å². The van der Waals surface area contributed by atoms with Gasteiger partial charge in [-0.15, -0.1) is 0 Å².